The van der Waals surface area contributed by atoms with Gasteiger partial charge in [-0.1, -0.05) is 13.8 Å². The monoisotopic (exact) mass is 215 g/mol. The van der Waals surface area contributed by atoms with Gasteiger partial charge < -0.3 is 9.64 Å². The molecule has 0 aromatic carbocycles. The number of methoxy groups -OCH3 is 1. The number of hydrogen-bond donors (Lipinski definition) is 0. The summed E-state index contributed by atoms with van der Waals surface area (Å²) >= 11 is 0. The molecule has 15 heavy (non-hydrogen) atoms. The zero-order valence-corrected chi connectivity index (χ0v) is 10.1. The molecule has 0 aromatic rings. The standard InChI is InChI=1S/C11H21NO3/c1-5-9(3)11(14)12(6-2)8-7-10(13)15-4/h9H,5-8H2,1-4H3. The molecule has 0 fully saturated rings. The third-order valence-corrected chi connectivity index (χ3v) is 2.54. The summed E-state index contributed by atoms with van der Waals surface area (Å²) in [6.07, 6.45) is 1.10. The van der Waals surface area contributed by atoms with Crippen LogP contribution in [0.5, 0.6) is 0 Å². The van der Waals surface area contributed by atoms with Crippen molar-refractivity contribution in [2.45, 2.75) is 33.6 Å². The van der Waals surface area contributed by atoms with E-state index in [4.69, 9.17) is 0 Å². The topological polar surface area (TPSA) is 46.6 Å². The Morgan fingerprint density at radius 1 is 1.33 bits per heavy atom. The molecule has 0 radical (unpaired) electrons. The SMILES string of the molecule is CCC(C)C(=O)N(CC)CCC(=O)OC. The van der Waals surface area contributed by atoms with Crippen LogP contribution < -0.4 is 0 Å². The summed E-state index contributed by atoms with van der Waals surface area (Å²) in [5.41, 5.74) is 0. The van der Waals surface area contributed by atoms with Gasteiger partial charge in [-0.25, -0.2) is 0 Å². The largest absolute Gasteiger partial charge is 0.469 e. The molecule has 88 valence electrons. The minimum absolute atomic E-state index is 0.0302. The number of carbonyl (C=O) groups excluding carboxylic acids is 2. The highest BCUT2D eigenvalue weighted by atomic mass is 16.5. The molecule has 0 aliphatic rings. The molecular weight excluding hydrogens is 194 g/mol. The first-order valence-electron chi connectivity index (χ1n) is 5.42. The van der Waals surface area contributed by atoms with E-state index >= 15 is 0 Å². The summed E-state index contributed by atoms with van der Waals surface area (Å²) in [5, 5.41) is 0. The molecule has 0 aliphatic carbocycles. The van der Waals surface area contributed by atoms with E-state index in [1.807, 2.05) is 20.8 Å². The van der Waals surface area contributed by atoms with Crippen LogP contribution in [0, 0.1) is 5.92 Å². The van der Waals surface area contributed by atoms with Crippen LogP contribution >= 0.6 is 0 Å². The third-order valence-electron chi connectivity index (χ3n) is 2.54. The predicted octanol–water partition coefficient (Wildman–Crippen LogP) is 1.44. The first-order chi connectivity index (χ1) is 7.06. The zero-order chi connectivity index (χ0) is 11.8. The van der Waals surface area contributed by atoms with Crippen molar-refractivity contribution in [3.8, 4) is 0 Å². The molecule has 0 saturated heterocycles. The Kier molecular flexibility index (Phi) is 6.75. The summed E-state index contributed by atoms with van der Waals surface area (Å²) in [4.78, 5) is 24.4. The van der Waals surface area contributed by atoms with Crippen molar-refractivity contribution in [3.63, 3.8) is 0 Å². The fraction of sp³-hybridized carbons (Fsp3) is 0.818. The molecule has 0 spiro atoms. The second-order valence-electron chi connectivity index (χ2n) is 3.55. The fourth-order valence-corrected chi connectivity index (χ4v) is 1.24. The van der Waals surface area contributed by atoms with Gasteiger partial charge in [0.25, 0.3) is 0 Å². The summed E-state index contributed by atoms with van der Waals surface area (Å²) < 4.78 is 4.53. The van der Waals surface area contributed by atoms with Crippen LogP contribution in [0.4, 0.5) is 0 Å². The molecule has 1 unspecified atom stereocenters. The first-order valence-corrected chi connectivity index (χ1v) is 5.42. The highest BCUT2D eigenvalue weighted by Gasteiger charge is 2.18. The summed E-state index contributed by atoms with van der Waals surface area (Å²) in [7, 11) is 1.36. The second kappa shape index (κ2) is 7.26. The quantitative estimate of drug-likeness (QED) is 0.630. The van der Waals surface area contributed by atoms with Gasteiger partial charge in [0.15, 0.2) is 0 Å². The summed E-state index contributed by atoms with van der Waals surface area (Å²) in [6, 6.07) is 0. The second-order valence-corrected chi connectivity index (χ2v) is 3.55. The highest BCUT2D eigenvalue weighted by molar-refractivity contribution is 5.79. The van der Waals surface area contributed by atoms with E-state index in [-0.39, 0.29) is 24.2 Å². The van der Waals surface area contributed by atoms with Crippen LogP contribution in [0.1, 0.15) is 33.6 Å². The van der Waals surface area contributed by atoms with Crippen molar-refractivity contribution in [1.29, 1.82) is 0 Å². The normalized spacial score (nSPS) is 12.0. The summed E-state index contributed by atoms with van der Waals surface area (Å²) in [6.45, 7) is 6.89. The van der Waals surface area contributed by atoms with Gasteiger partial charge in [-0.2, -0.15) is 0 Å². The lowest BCUT2D eigenvalue weighted by molar-refractivity contribution is -0.142. The van der Waals surface area contributed by atoms with Crippen molar-refractivity contribution in [2.75, 3.05) is 20.2 Å². The van der Waals surface area contributed by atoms with Crippen molar-refractivity contribution in [2.24, 2.45) is 5.92 Å². The Bertz CT molecular complexity index is 216. The number of nitrogens with zero attached hydrogens (tertiary/aromatic N) is 1. The molecule has 0 rings (SSSR count). The van der Waals surface area contributed by atoms with Crippen molar-refractivity contribution in [1.82, 2.24) is 4.90 Å². The van der Waals surface area contributed by atoms with Crippen LogP contribution in [-0.2, 0) is 14.3 Å². The minimum Gasteiger partial charge on any atom is -0.469 e. The molecule has 4 nitrogen and oxygen atoms in total. The van der Waals surface area contributed by atoms with Gasteiger partial charge in [0.2, 0.25) is 5.91 Å². The van der Waals surface area contributed by atoms with Crippen LogP contribution in [0.25, 0.3) is 0 Å². The molecule has 0 aliphatic heterocycles. The smallest absolute Gasteiger partial charge is 0.307 e. The van der Waals surface area contributed by atoms with Crippen molar-refractivity contribution in [3.05, 3.63) is 0 Å². The number of esters is 1. The van der Waals surface area contributed by atoms with Gasteiger partial charge in [0.1, 0.15) is 0 Å². The Morgan fingerprint density at radius 3 is 2.33 bits per heavy atom. The van der Waals surface area contributed by atoms with E-state index in [2.05, 4.69) is 4.74 Å². The Labute approximate surface area is 91.6 Å². The maximum absolute atomic E-state index is 11.8. The third kappa shape index (κ3) is 4.81. The van der Waals surface area contributed by atoms with Crippen molar-refractivity contribution < 1.29 is 14.3 Å². The molecule has 0 aromatic heterocycles. The number of rotatable bonds is 6. The zero-order valence-electron chi connectivity index (χ0n) is 10.1. The maximum atomic E-state index is 11.8. The van der Waals surface area contributed by atoms with E-state index in [1.165, 1.54) is 7.11 Å². The van der Waals surface area contributed by atoms with Crippen LogP contribution in [0.15, 0.2) is 0 Å². The van der Waals surface area contributed by atoms with E-state index in [9.17, 15) is 9.59 Å². The van der Waals surface area contributed by atoms with Gasteiger partial charge in [0.05, 0.1) is 13.5 Å². The Balaban J connectivity index is 4.12. The van der Waals surface area contributed by atoms with Gasteiger partial charge in [0, 0.05) is 19.0 Å². The van der Waals surface area contributed by atoms with Crippen LogP contribution in [0.3, 0.4) is 0 Å². The van der Waals surface area contributed by atoms with E-state index in [0.29, 0.717) is 13.1 Å². The lowest BCUT2D eigenvalue weighted by atomic mass is 10.1. The maximum Gasteiger partial charge on any atom is 0.307 e. The van der Waals surface area contributed by atoms with Crippen LogP contribution in [0.2, 0.25) is 0 Å². The Morgan fingerprint density at radius 2 is 1.93 bits per heavy atom. The number of ether oxygens (including phenoxy) is 1. The van der Waals surface area contributed by atoms with Gasteiger partial charge in [-0.05, 0) is 13.3 Å². The molecule has 1 amide bonds. The molecule has 4 heteroatoms. The average Bonchev–Trinajstić information content (AvgIpc) is 2.27. The molecule has 1 atom stereocenters. The highest BCUT2D eigenvalue weighted by Crippen LogP contribution is 2.07. The predicted molar refractivity (Wildman–Crippen MR) is 58.3 cm³/mol. The van der Waals surface area contributed by atoms with E-state index in [0.717, 1.165) is 6.42 Å². The number of carbonyl (C=O) groups is 2. The Hall–Kier alpha value is -1.06. The fourth-order valence-electron chi connectivity index (χ4n) is 1.24. The molecule has 0 N–H and O–H groups in total. The van der Waals surface area contributed by atoms with Crippen LogP contribution in [-0.4, -0.2) is 37.0 Å². The van der Waals surface area contributed by atoms with E-state index < -0.39 is 0 Å². The lowest BCUT2D eigenvalue weighted by Gasteiger charge is -2.23. The van der Waals surface area contributed by atoms with Gasteiger partial charge in [-0.3, -0.25) is 9.59 Å². The number of hydrogen-bond acceptors (Lipinski definition) is 3. The minimum atomic E-state index is -0.273. The number of amides is 1. The molecule has 0 heterocycles. The molecule has 0 saturated carbocycles. The van der Waals surface area contributed by atoms with Gasteiger partial charge in [-0.15, -0.1) is 0 Å². The lowest BCUT2D eigenvalue weighted by Crippen LogP contribution is -2.36. The van der Waals surface area contributed by atoms with Crippen molar-refractivity contribution >= 4 is 11.9 Å². The first kappa shape index (κ1) is 13.9. The van der Waals surface area contributed by atoms with E-state index in [1.54, 1.807) is 4.90 Å². The molecule has 0 bridgehead atoms. The summed E-state index contributed by atoms with van der Waals surface area (Å²) in [5.74, 6) is -0.128. The average molecular weight is 215 g/mol. The van der Waals surface area contributed by atoms with Gasteiger partial charge >= 0.3 is 5.97 Å². The molecular formula is C11H21NO3.